The molecule has 1 N–H and O–H groups in total. The number of nitrogens with one attached hydrogen (secondary N) is 1. The van der Waals surface area contributed by atoms with Crippen molar-refractivity contribution in [3.63, 3.8) is 0 Å². The van der Waals surface area contributed by atoms with E-state index in [1.807, 2.05) is 6.92 Å². The number of hydroxylamine groups is 1. The summed E-state index contributed by atoms with van der Waals surface area (Å²) >= 11 is 0. The molecule has 0 fully saturated rings. The molecule has 0 radical (unpaired) electrons. The molecule has 0 saturated carbocycles. The predicted molar refractivity (Wildman–Crippen MR) is 55.8 cm³/mol. The van der Waals surface area contributed by atoms with Gasteiger partial charge >= 0.3 is 0 Å². The molecule has 0 aliphatic rings. The Hall–Kier alpha value is -0.970. The SMILES string of the molecule is COCCONC(C)c1ccc(F)cc1. The van der Waals surface area contributed by atoms with Crippen molar-refractivity contribution < 1.29 is 14.0 Å². The molecule has 1 aromatic rings. The maximum Gasteiger partial charge on any atom is 0.123 e. The summed E-state index contributed by atoms with van der Waals surface area (Å²) in [5, 5.41) is 0. The van der Waals surface area contributed by atoms with Crippen molar-refractivity contribution in [3.8, 4) is 0 Å². The standard InChI is InChI=1S/C11H16FNO2/c1-9(13-15-8-7-14-2)10-3-5-11(12)6-4-10/h3-6,9,13H,7-8H2,1-2H3. The highest BCUT2D eigenvalue weighted by molar-refractivity contribution is 5.18. The quantitative estimate of drug-likeness (QED) is 0.579. The summed E-state index contributed by atoms with van der Waals surface area (Å²) in [7, 11) is 1.62. The first kappa shape index (κ1) is 12.1. The molecular weight excluding hydrogens is 197 g/mol. The van der Waals surface area contributed by atoms with Gasteiger partial charge in [-0.15, -0.1) is 0 Å². The highest BCUT2D eigenvalue weighted by Gasteiger charge is 2.04. The van der Waals surface area contributed by atoms with E-state index >= 15 is 0 Å². The molecule has 0 aromatic heterocycles. The monoisotopic (exact) mass is 213 g/mol. The first-order chi connectivity index (χ1) is 7.24. The maximum atomic E-state index is 12.6. The Balaban J connectivity index is 2.33. The fourth-order valence-electron chi connectivity index (χ4n) is 1.13. The van der Waals surface area contributed by atoms with Crippen LogP contribution in [0.5, 0.6) is 0 Å². The van der Waals surface area contributed by atoms with E-state index in [-0.39, 0.29) is 11.9 Å². The van der Waals surface area contributed by atoms with E-state index < -0.39 is 0 Å². The van der Waals surface area contributed by atoms with Gasteiger partial charge < -0.3 is 4.74 Å². The smallest absolute Gasteiger partial charge is 0.123 e. The van der Waals surface area contributed by atoms with Crippen molar-refractivity contribution >= 4 is 0 Å². The molecule has 84 valence electrons. The zero-order chi connectivity index (χ0) is 11.1. The third kappa shape index (κ3) is 4.38. The van der Waals surface area contributed by atoms with Crippen LogP contribution in [0.3, 0.4) is 0 Å². The van der Waals surface area contributed by atoms with Gasteiger partial charge in [0.15, 0.2) is 0 Å². The molecule has 0 heterocycles. The van der Waals surface area contributed by atoms with Gasteiger partial charge in [0.05, 0.1) is 19.3 Å². The van der Waals surface area contributed by atoms with Crippen LogP contribution in [0.25, 0.3) is 0 Å². The van der Waals surface area contributed by atoms with E-state index in [9.17, 15) is 4.39 Å². The molecule has 3 nitrogen and oxygen atoms in total. The first-order valence-corrected chi connectivity index (χ1v) is 4.85. The topological polar surface area (TPSA) is 30.5 Å². The molecule has 1 rings (SSSR count). The van der Waals surface area contributed by atoms with Gasteiger partial charge in [-0.3, -0.25) is 4.84 Å². The second-order valence-corrected chi connectivity index (χ2v) is 3.23. The Morgan fingerprint density at radius 3 is 2.53 bits per heavy atom. The molecule has 1 aromatic carbocycles. The van der Waals surface area contributed by atoms with Crippen molar-refractivity contribution in [3.05, 3.63) is 35.6 Å². The van der Waals surface area contributed by atoms with Crippen LogP contribution in [0.15, 0.2) is 24.3 Å². The number of rotatable bonds is 6. The van der Waals surface area contributed by atoms with E-state index in [2.05, 4.69) is 5.48 Å². The Morgan fingerprint density at radius 2 is 1.93 bits per heavy atom. The van der Waals surface area contributed by atoms with Crippen LogP contribution in [0.4, 0.5) is 4.39 Å². The summed E-state index contributed by atoms with van der Waals surface area (Å²) in [5.74, 6) is -0.230. The normalized spacial score (nSPS) is 12.7. The maximum absolute atomic E-state index is 12.6. The number of benzene rings is 1. The third-order valence-corrected chi connectivity index (χ3v) is 2.02. The molecule has 4 heteroatoms. The second-order valence-electron chi connectivity index (χ2n) is 3.23. The molecule has 0 saturated heterocycles. The third-order valence-electron chi connectivity index (χ3n) is 2.02. The average molecular weight is 213 g/mol. The fourth-order valence-corrected chi connectivity index (χ4v) is 1.13. The van der Waals surface area contributed by atoms with E-state index in [0.717, 1.165) is 5.56 Å². The molecular formula is C11H16FNO2. The van der Waals surface area contributed by atoms with Gasteiger partial charge in [-0.2, -0.15) is 5.48 Å². The Labute approximate surface area is 89.2 Å². The summed E-state index contributed by atoms with van der Waals surface area (Å²) in [6, 6.07) is 6.35. The van der Waals surface area contributed by atoms with E-state index in [4.69, 9.17) is 9.57 Å². The molecule has 1 atom stereocenters. The molecule has 0 aliphatic carbocycles. The van der Waals surface area contributed by atoms with Crippen LogP contribution in [-0.4, -0.2) is 20.3 Å². The minimum absolute atomic E-state index is 0.0301. The summed E-state index contributed by atoms with van der Waals surface area (Å²) in [6.45, 7) is 2.98. The largest absolute Gasteiger partial charge is 0.382 e. The minimum Gasteiger partial charge on any atom is -0.382 e. The van der Waals surface area contributed by atoms with Crippen LogP contribution in [0.2, 0.25) is 0 Å². The van der Waals surface area contributed by atoms with Gasteiger partial charge in [0.25, 0.3) is 0 Å². The second kappa shape index (κ2) is 6.50. The highest BCUT2D eigenvalue weighted by Crippen LogP contribution is 2.12. The molecule has 0 spiro atoms. The Bertz CT molecular complexity index is 276. The summed E-state index contributed by atoms with van der Waals surface area (Å²) < 4.78 is 17.5. The molecule has 0 aliphatic heterocycles. The molecule has 0 amide bonds. The lowest BCUT2D eigenvalue weighted by atomic mass is 10.1. The van der Waals surface area contributed by atoms with Crippen molar-refractivity contribution in [1.82, 2.24) is 5.48 Å². The number of hydrogen-bond donors (Lipinski definition) is 1. The number of ether oxygens (including phenoxy) is 1. The van der Waals surface area contributed by atoms with Gasteiger partial charge in [0, 0.05) is 7.11 Å². The minimum atomic E-state index is -0.230. The summed E-state index contributed by atoms with van der Waals surface area (Å²) in [4.78, 5) is 5.15. The van der Waals surface area contributed by atoms with Gasteiger partial charge in [0.2, 0.25) is 0 Å². The van der Waals surface area contributed by atoms with Crippen molar-refractivity contribution in [1.29, 1.82) is 0 Å². The van der Waals surface area contributed by atoms with Gasteiger partial charge in [-0.1, -0.05) is 12.1 Å². The van der Waals surface area contributed by atoms with Crippen LogP contribution >= 0.6 is 0 Å². The van der Waals surface area contributed by atoms with Crippen molar-refractivity contribution in [2.24, 2.45) is 0 Å². The van der Waals surface area contributed by atoms with Crippen LogP contribution in [-0.2, 0) is 9.57 Å². The number of methoxy groups -OCH3 is 1. The Morgan fingerprint density at radius 1 is 1.27 bits per heavy atom. The van der Waals surface area contributed by atoms with Crippen LogP contribution in [0, 0.1) is 5.82 Å². The van der Waals surface area contributed by atoms with Gasteiger partial charge in [0.1, 0.15) is 5.82 Å². The summed E-state index contributed by atoms with van der Waals surface area (Å²) in [5.41, 5.74) is 3.83. The zero-order valence-corrected chi connectivity index (χ0v) is 9.00. The van der Waals surface area contributed by atoms with E-state index in [0.29, 0.717) is 13.2 Å². The van der Waals surface area contributed by atoms with Crippen molar-refractivity contribution in [2.75, 3.05) is 20.3 Å². The van der Waals surface area contributed by atoms with Crippen LogP contribution < -0.4 is 5.48 Å². The summed E-state index contributed by atoms with van der Waals surface area (Å²) in [6.07, 6.45) is 0. The number of halogens is 1. The molecule has 15 heavy (non-hydrogen) atoms. The highest BCUT2D eigenvalue weighted by atomic mass is 19.1. The average Bonchev–Trinajstić information content (AvgIpc) is 2.25. The first-order valence-electron chi connectivity index (χ1n) is 4.85. The molecule has 0 bridgehead atoms. The van der Waals surface area contributed by atoms with E-state index in [1.165, 1.54) is 12.1 Å². The van der Waals surface area contributed by atoms with Crippen LogP contribution in [0.1, 0.15) is 18.5 Å². The zero-order valence-electron chi connectivity index (χ0n) is 9.00. The van der Waals surface area contributed by atoms with Gasteiger partial charge in [-0.05, 0) is 24.6 Å². The van der Waals surface area contributed by atoms with Gasteiger partial charge in [-0.25, -0.2) is 4.39 Å². The lowest BCUT2D eigenvalue weighted by Gasteiger charge is -2.13. The lowest BCUT2D eigenvalue weighted by molar-refractivity contribution is -0.00925. The lowest BCUT2D eigenvalue weighted by Crippen LogP contribution is -2.21. The predicted octanol–water partition coefficient (Wildman–Crippen LogP) is 2.05. The number of hydrogen-bond acceptors (Lipinski definition) is 3. The Kier molecular flexibility index (Phi) is 5.25. The fraction of sp³-hybridized carbons (Fsp3) is 0.455. The van der Waals surface area contributed by atoms with E-state index in [1.54, 1.807) is 19.2 Å². The van der Waals surface area contributed by atoms with Crippen molar-refractivity contribution in [2.45, 2.75) is 13.0 Å². The molecule has 1 unspecified atom stereocenters.